The molecule has 0 aliphatic heterocycles. The summed E-state index contributed by atoms with van der Waals surface area (Å²) >= 11 is 0. The molecule has 0 bridgehead atoms. The van der Waals surface area contributed by atoms with E-state index in [0.717, 1.165) is 30.0 Å². The zero-order chi connectivity index (χ0) is 16.9. The van der Waals surface area contributed by atoms with Crippen molar-refractivity contribution in [2.45, 2.75) is 52.1 Å². The molecule has 0 radical (unpaired) electrons. The van der Waals surface area contributed by atoms with Gasteiger partial charge in [-0.15, -0.1) is 0 Å². The molecule has 2 aromatic rings. The molecule has 0 saturated heterocycles. The number of rotatable bonds is 6. The van der Waals surface area contributed by atoms with Gasteiger partial charge in [0.15, 0.2) is 5.76 Å². The average molecular weight is 319 g/mol. The van der Waals surface area contributed by atoms with Crippen LogP contribution in [0.15, 0.2) is 28.9 Å². The van der Waals surface area contributed by atoms with Gasteiger partial charge in [0.25, 0.3) is 0 Å². The number of H-pyrrole nitrogens is 1. The molecule has 1 unspecified atom stereocenters. The maximum atomic E-state index is 11.7. The first-order valence-corrected chi connectivity index (χ1v) is 7.95. The van der Waals surface area contributed by atoms with E-state index < -0.39 is 5.60 Å². The van der Waals surface area contributed by atoms with Gasteiger partial charge in [-0.1, -0.05) is 6.92 Å². The third kappa shape index (κ3) is 5.16. The summed E-state index contributed by atoms with van der Waals surface area (Å²) < 4.78 is 10.6. The Bertz CT molecular complexity index is 611. The summed E-state index contributed by atoms with van der Waals surface area (Å²) in [5.41, 5.74) is 1.36. The number of nitrogens with one attached hydrogen (secondary N) is 2. The average Bonchev–Trinajstić information content (AvgIpc) is 3.11. The zero-order valence-corrected chi connectivity index (χ0v) is 14.2. The number of aromatic amines is 1. The van der Waals surface area contributed by atoms with Crippen LogP contribution in [0.1, 0.15) is 52.1 Å². The van der Waals surface area contributed by atoms with Crippen LogP contribution in [-0.2, 0) is 4.74 Å². The van der Waals surface area contributed by atoms with Crippen LogP contribution >= 0.6 is 0 Å². The molecule has 0 spiro atoms. The normalized spacial score (nSPS) is 12.9. The molecule has 2 rings (SSSR count). The number of carbonyl (C=O) groups is 1. The number of carbonyl (C=O) groups excluding carboxylic acids is 1. The van der Waals surface area contributed by atoms with Crippen LogP contribution < -0.4 is 5.32 Å². The van der Waals surface area contributed by atoms with Gasteiger partial charge in [0.1, 0.15) is 11.3 Å². The molecular weight excluding hydrogens is 294 g/mol. The van der Waals surface area contributed by atoms with E-state index in [1.54, 1.807) is 6.26 Å². The van der Waals surface area contributed by atoms with Crippen molar-refractivity contribution in [3.8, 4) is 11.5 Å². The van der Waals surface area contributed by atoms with Crippen molar-refractivity contribution < 1.29 is 13.9 Å². The van der Waals surface area contributed by atoms with E-state index in [9.17, 15) is 4.79 Å². The number of nitrogens with zero attached hydrogens (tertiary/aromatic N) is 1. The van der Waals surface area contributed by atoms with Crippen molar-refractivity contribution in [2.24, 2.45) is 0 Å². The van der Waals surface area contributed by atoms with Crippen LogP contribution in [0, 0.1) is 0 Å². The van der Waals surface area contributed by atoms with Gasteiger partial charge < -0.3 is 14.5 Å². The highest BCUT2D eigenvalue weighted by Crippen LogP contribution is 2.25. The van der Waals surface area contributed by atoms with Crippen LogP contribution in [0.25, 0.3) is 11.5 Å². The molecule has 0 aromatic carbocycles. The summed E-state index contributed by atoms with van der Waals surface area (Å²) in [6.45, 7) is 8.22. The molecular formula is C17H25N3O3. The molecule has 6 heteroatoms. The first-order chi connectivity index (χ1) is 10.9. The minimum absolute atomic E-state index is 0.293. The van der Waals surface area contributed by atoms with Gasteiger partial charge in [-0.25, -0.2) is 4.79 Å². The molecule has 1 atom stereocenters. The van der Waals surface area contributed by atoms with Crippen molar-refractivity contribution >= 4 is 6.09 Å². The van der Waals surface area contributed by atoms with Crippen LogP contribution in [0.3, 0.4) is 0 Å². The number of hydrogen-bond donors (Lipinski definition) is 2. The van der Waals surface area contributed by atoms with E-state index in [2.05, 4.69) is 22.4 Å². The Balaban J connectivity index is 1.87. The van der Waals surface area contributed by atoms with E-state index in [1.165, 1.54) is 0 Å². The van der Waals surface area contributed by atoms with E-state index in [0.29, 0.717) is 12.5 Å². The standard InChI is InChI=1S/C17H25N3O3/c1-5-12(8-9-18-16(21)23-17(2,3)4)13-11-14(20-19-13)15-7-6-10-22-15/h6-7,10-12H,5,8-9H2,1-4H3,(H,18,21)(H,19,20). The number of furan rings is 1. The zero-order valence-electron chi connectivity index (χ0n) is 14.2. The fourth-order valence-electron chi connectivity index (χ4n) is 2.34. The van der Waals surface area contributed by atoms with Gasteiger partial charge in [0.05, 0.1) is 6.26 Å². The molecule has 126 valence electrons. The fourth-order valence-corrected chi connectivity index (χ4v) is 2.34. The molecule has 0 fully saturated rings. The molecule has 2 N–H and O–H groups in total. The van der Waals surface area contributed by atoms with Gasteiger partial charge >= 0.3 is 6.09 Å². The highest BCUT2D eigenvalue weighted by atomic mass is 16.6. The number of amides is 1. The van der Waals surface area contributed by atoms with E-state index in [-0.39, 0.29) is 6.09 Å². The Morgan fingerprint density at radius 2 is 2.26 bits per heavy atom. The van der Waals surface area contributed by atoms with Gasteiger partial charge in [-0.3, -0.25) is 5.10 Å². The SMILES string of the molecule is CCC(CCNC(=O)OC(C)(C)C)c1cc(-c2ccco2)n[nH]1. The summed E-state index contributed by atoms with van der Waals surface area (Å²) in [4.78, 5) is 11.7. The lowest BCUT2D eigenvalue weighted by molar-refractivity contribution is 0.0526. The van der Waals surface area contributed by atoms with Crippen molar-refractivity contribution in [3.05, 3.63) is 30.2 Å². The summed E-state index contributed by atoms with van der Waals surface area (Å²) in [6, 6.07) is 5.72. The quantitative estimate of drug-likeness (QED) is 0.840. The monoisotopic (exact) mass is 319 g/mol. The van der Waals surface area contributed by atoms with Gasteiger partial charge in [-0.05, 0) is 51.8 Å². The Morgan fingerprint density at radius 3 is 2.87 bits per heavy atom. The molecule has 1 amide bonds. The molecule has 2 heterocycles. The van der Waals surface area contributed by atoms with Crippen molar-refractivity contribution in [2.75, 3.05) is 6.54 Å². The second-order valence-corrected chi connectivity index (χ2v) is 6.51. The van der Waals surface area contributed by atoms with E-state index in [4.69, 9.17) is 9.15 Å². The molecule has 2 aromatic heterocycles. The number of hydrogen-bond acceptors (Lipinski definition) is 4. The van der Waals surface area contributed by atoms with Crippen LogP contribution in [0.4, 0.5) is 4.79 Å². The highest BCUT2D eigenvalue weighted by Gasteiger charge is 2.17. The first kappa shape index (κ1) is 17.1. The third-order valence-electron chi connectivity index (χ3n) is 3.46. The molecule has 23 heavy (non-hydrogen) atoms. The Labute approximate surface area is 136 Å². The maximum Gasteiger partial charge on any atom is 0.407 e. The minimum Gasteiger partial charge on any atom is -0.463 e. The van der Waals surface area contributed by atoms with Crippen molar-refractivity contribution in [3.63, 3.8) is 0 Å². The second kappa shape index (κ2) is 7.35. The number of alkyl carbamates (subject to hydrolysis) is 1. The topological polar surface area (TPSA) is 80.2 Å². The number of ether oxygens (including phenoxy) is 1. The summed E-state index contributed by atoms with van der Waals surface area (Å²) in [5, 5.41) is 10.1. The van der Waals surface area contributed by atoms with Gasteiger partial charge in [0.2, 0.25) is 0 Å². The third-order valence-corrected chi connectivity index (χ3v) is 3.46. The van der Waals surface area contributed by atoms with Crippen LogP contribution in [-0.4, -0.2) is 28.4 Å². The second-order valence-electron chi connectivity index (χ2n) is 6.51. The van der Waals surface area contributed by atoms with Crippen molar-refractivity contribution in [1.82, 2.24) is 15.5 Å². The van der Waals surface area contributed by atoms with Crippen molar-refractivity contribution in [1.29, 1.82) is 0 Å². The van der Waals surface area contributed by atoms with Crippen LogP contribution in [0.2, 0.25) is 0 Å². The lowest BCUT2D eigenvalue weighted by Gasteiger charge is -2.20. The summed E-state index contributed by atoms with van der Waals surface area (Å²) in [6.07, 6.45) is 3.02. The lowest BCUT2D eigenvalue weighted by atomic mass is 9.98. The molecule has 6 nitrogen and oxygen atoms in total. The lowest BCUT2D eigenvalue weighted by Crippen LogP contribution is -2.33. The van der Waals surface area contributed by atoms with Gasteiger partial charge in [0, 0.05) is 18.2 Å². The summed E-state index contributed by atoms with van der Waals surface area (Å²) in [7, 11) is 0. The minimum atomic E-state index is -0.477. The Kier molecular flexibility index (Phi) is 5.47. The molecule has 0 aliphatic rings. The van der Waals surface area contributed by atoms with Gasteiger partial charge in [-0.2, -0.15) is 5.10 Å². The molecule has 0 saturated carbocycles. The fraction of sp³-hybridized carbons (Fsp3) is 0.529. The van der Waals surface area contributed by atoms with Crippen LogP contribution in [0.5, 0.6) is 0 Å². The molecule has 0 aliphatic carbocycles. The largest absolute Gasteiger partial charge is 0.463 e. The predicted octanol–water partition coefficient (Wildman–Crippen LogP) is 4.08. The maximum absolute atomic E-state index is 11.7. The predicted molar refractivity (Wildman–Crippen MR) is 88.2 cm³/mol. The Hall–Kier alpha value is -2.24. The number of aromatic nitrogens is 2. The summed E-state index contributed by atoms with van der Waals surface area (Å²) in [5.74, 6) is 1.04. The first-order valence-electron chi connectivity index (χ1n) is 7.95. The highest BCUT2D eigenvalue weighted by molar-refractivity contribution is 5.67. The smallest absolute Gasteiger partial charge is 0.407 e. The van der Waals surface area contributed by atoms with E-state index in [1.807, 2.05) is 39.0 Å². The van der Waals surface area contributed by atoms with E-state index >= 15 is 0 Å². The Morgan fingerprint density at radius 1 is 1.48 bits per heavy atom.